The topological polar surface area (TPSA) is 127 Å². The van der Waals surface area contributed by atoms with Crippen molar-refractivity contribution in [1.29, 1.82) is 5.26 Å². The van der Waals surface area contributed by atoms with Gasteiger partial charge in [-0.25, -0.2) is 14.0 Å². The fourth-order valence-corrected chi connectivity index (χ4v) is 5.73. The number of carbonyl (C=O) groups is 4. The molecular weight excluding hydrogens is 573 g/mol. The van der Waals surface area contributed by atoms with Crippen LogP contribution in [0, 0.1) is 24.1 Å². The summed E-state index contributed by atoms with van der Waals surface area (Å²) in [7, 11) is 0. The first-order chi connectivity index (χ1) is 20.7. The molecule has 0 aliphatic rings. The van der Waals surface area contributed by atoms with E-state index >= 15 is 0 Å². The van der Waals surface area contributed by atoms with Crippen molar-refractivity contribution in [3.05, 3.63) is 92.6 Å². The Bertz CT molecular complexity index is 1780. The summed E-state index contributed by atoms with van der Waals surface area (Å²) in [4.78, 5) is 51.9. The quantitative estimate of drug-likeness (QED) is 0.130. The molecule has 0 aliphatic heterocycles. The number of fused-ring (bicyclic) bond motifs is 1. The van der Waals surface area contributed by atoms with Gasteiger partial charge in [0.15, 0.2) is 5.78 Å². The Morgan fingerprint density at radius 2 is 1.70 bits per heavy atom. The molecular formula is C32H28FN3O6S. The Morgan fingerprint density at radius 1 is 1.02 bits per heavy atom. The first kappa shape index (κ1) is 30.9. The third-order valence-electron chi connectivity index (χ3n) is 6.46. The molecule has 43 heavy (non-hydrogen) atoms. The summed E-state index contributed by atoms with van der Waals surface area (Å²) in [6.07, 6.45) is 2.80. The van der Waals surface area contributed by atoms with Crippen molar-refractivity contribution in [3.63, 3.8) is 0 Å². The molecule has 0 atom stereocenters. The fourth-order valence-electron chi connectivity index (χ4n) is 4.54. The third-order valence-corrected chi connectivity index (χ3v) is 7.74. The van der Waals surface area contributed by atoms with Crippen LogP contribution < -0.4 is 5.32 Å². The lowest BCUT2D eigenvalue weighted by molar-refractivity contribution is -0.117. The number of ether oxygens (including phenoxy) is 2. The molecule has 220 valence electrons. The van der Waals surface area contributed by atoms with Crippen molar-refractivity contribution in [2.45, 2.75) is 33.7 Å². The van der Waals surface area contributed by atoms with Gasteiger partial charge in [-0.05, 0) is 62.7 Å². The van der Waals surface area contributed by atoms with Gasteiger partial charge in [0.05, 0.1) is 24.4 Å². The molecule has 1 N–H and O–H groups in total. The van der Waals surface area contributed by atoms with E-state index in [0.717, 1.165) is 11.3 Å². The molecule has 0 radical (unpaired) electrons. The van der Waals surface area contributed by atoms with Gasteiger partial charge in [0.25, 0.3) is 0 Å². The average Bonchev–Trinajstić information content (AvgIpc) is 3.49. The van der Waals surface area contributed by atoms with Gasteiger partial charge in [-0.1, -0.05) is 18.2 Å². The van der Waals surface area contributed by atoms with E-state index in [1.807, 2.05) is 18.2 Å². The molecule has 0 aliphatic carbocycles. The number of amides is 1. The first-order valence-corrected chi connectivity index (χ1v) is 14.2. The molecule has 2 aromatic heterocycles. The number of rotatable bonds is 11. The Kier molecular flexibility index (Phi) is 9.85. The number of hydrogen-bond acceptors (Lipinski definition) is 8. The molecule has 0 saturated heterocycles. The van der Waals surface area contributed by atoms with Crippen LogP contribution in [0.3, 0.4) is 0 Å². The predicted molar refractivity (Wildman–Crippen MR) is 160 cm³/mol. The van der Waals surface area contributed by atoms with Gasteiger partial charge in [0, 0.05) is 39.6 Å². The highest BCUT2D eigenvalue weighted by Crippen LogP contribution is 2.31. The minimum absolute atomic E-state index is 0.0738. The molecule has 0 saturated carbocycles. The number of allylic oxidation sites excluding steroid dienone is 1. The molecule has 2 heterocycles. The molecule has 2 aromatic carbocycles. The Morgan fingerprint density at radius 3 is 2.37 bits per heavy atom. The van der Waals surface area contributed by atoms with Gasteiger partial charge in [-0.2, -0.15) is 5.26 Å². The van der Waals surface area contributed by atoms with Gasteiger partial charge in [-0.3, -0.25) is 9.59 Å². The molecule has 0 fully saturated rings. The number of Topliss-reactive ketones (excluding diaryl/α,β-unsaturated/α-hetero) is 1. The highest BCUT2D eigenvalue weighted by molar-refractivity contribution is 7.14. The normalized spacial score (nSPS) is 11.2. The van der Waals surface area contributed by atoms with Crippen molar-refractivity contribution in [3.8, 4) is 6.07 Å². The summed E-state index contributed by atoms with van der Waals surface area (Å²) < 4.78 is 25.2. The summed E-state index contributed by atoms with van der Waals surface area (Å²) in [6.45, 7) is 5.07. The third kappa shape index (κ3) is 7.05. The van der Waals surface area contributed by atoms with Crippen LogP contribution in [0.25, 0.3) is 17.0 Å². The van der Waals surface area contributed by atoms with E-state index in [4.69, 9.17) is 9.47 Å². The summed E-state index contributed by atoms with van der Waals surface area (Å²) in [5.41, 5.74) is 1.98. The minimum Gasteiger partial charge on any atom is -0.462 e. The largest absolute Gasteiger partial charge is 0.462 e. The van der Waals surface area contributed by atoms with Gasteiger partial charge >= 0.3 is 11.9 Å². The number of carbonyl (C=O) groups excluding carboxylic acids is 4. The number of para-hydroxylation sites is 1. The van der Waals surface area contributed by atoms with Crippen LogP contribution in [0.4, 0.5) is 10.1 Å². The lowest BCUT2D eigenvalue weighted by Crippen LogP contribution is -2.18. The van der Waals surface area contributed by atoms with Gasteiger partial charge in [0.1, 0.15) is 23.3 Å². The number of nitriles is 1. The molecule has 11 heteroatoms. The van der Waals surface area contributed by atoms with Crippen LogP contribution in [0.15, 0.2) is 60.3 Å². The monoisotopic (exact) mass is 601 g/mol. The first-order valence-electron chi connectivity index (χ1n) is 13.4. The zero-order valence-corrected chi connectivity index (χ0v) is 24.5. The Hall–Kier alpha value is -5.08. The number of nitrogens with zero attached hydrogens (tertiary/aromatic N) is 2. The van der Waals surface area contributed by atoms with Crippen molar-refractivity contribution in [2.75, 3.05) is 18.5 Å². The predicted octanol–water partition coefficient (Wildman–Crippen LogP) is 5.86. The van der Waals surface area contributed by atoms with Crippen molar-refractivity contribution in [1.82, 2.24) is 4.57 Å². The number of halogens is 1. The lowest BCUT2D eigenvalue weighted by atomic mass is 10.0. The van der Waals surface area contributed by atoms with Crippen LogP contribution in [0.5, 0.6) is 0 Å². The SMILES string of the molecule is CCOC(=O)c1sc(CC(=O)C(C#N)=Cc2cn(CC(=O)Nc3ccc(F)cc3)c3ccccc23)c(C(=O)OCC)c1C. The van der Waals surface area contributed by atoms with Crippen molar-refractivity contribution >= 4 is 57.6 Å². The van der Waals surface area contributed by atoms with Gasteiger partial charge in [-0.15, -0.1) is 11.3 Å². The smallest absolute Gasteiger partial charge is 0.348 e. The van der Waals surface area contributed by atoms with Gasteiger partial charge in [0.2, 0.25) is 5.91 Å². The van der Waals surface area contributed by atoms with E-state index in [-0.39, 0.29) is 48.1 Å². The molecule has 4 rings (SSSR count). The second-order valence-electron chi connectivity index (χ2n) is 9.35. The molecule has 9 nitrogen and oxygen atoms in total. The fraction of sp³-hybridized carbons (Fsp3) is 0.219. The van der Waals surface area contributed by atoms with Crippen LogP contribution in [-0.2, 0) is 32.0 Å². The van der Waals surface area contributed by atoms with Crippen LogP contribution in [-0.4, -0.2) is 41.4 Å². The second-order valence-corrected chi connectivity index (χ2v) is 10.5. The maximum Gasteiger partial charge on any atom is 0.348 e. The summed E-state index contributed by atoms with van der Waals surface area (Å²) in [6, 6.07) is 14.6. The number of anilines is 1. The summed E-state index contributed by atoms with van der Waals surface area (Å²) >= 11 is 0.964. The number of benzene rings is 2. The van der Waals surface area contributed by atoms with Crippen LogP contribution in [0.2, 0.25) is 0 Å². The second kappa shape index (κ2) is 13.7. The summed E-state index contributed by atoms with van der Waals surface area (Å²) in [5.74, 6) is -2.60. The Labute approximate surface area is 251 Å². The number of esters is 2. The summed E-state index contributed by atoms with van der Waals surface area (Å²) in [5, 5.41) is 13.4. The highest BCUT2D eigenvalue weighted by atomic mass is 32.1. The van der Waals surface area contributed by atoms with Gasteiger partial charge < -0.3 is 19.4 Å². The number of ketones is 1. The molecule has 0 spiro atoms. The number of nitrogens with one attached hydrogen (secondary N) is 1. The minimum atomic E-state index is -0.668. The molecule has 4 aromatic rings. The van der Waals surface area contributed by atoms with E-state index < -0.39 is 23.5 Å². The van der Waals surface area contributed by atoms with E-state index in [1.54, 1.807) is 43.7 Å². The van der Waals surface area contributed by atoms with Crippen LogP contribution in [0.1, 0.15) is 49.9 Å². The maximum absolute atomic E-state index is 13.4. The number of hydrogen-bond donors (Lipinski definition) is 1. The Balaban J connectivity index is 1.64. The van der Waals surface area contributed by atoms with E-state index in [0.29, 0.717) is 32.6 Å². The molecule has 0 unspecified atom stereocenters. The average molecular weight is 602 g/mol. The van der Waals surface area contributed by atoms with Crippen molar-refractivity contribution < 1.29 is 33.0 Å². The van der Waals surface area contributed by atoms with E-state index in [9.17, 15) is 28.8 Å². The van der Waals surface area contributed by atoms with E-state index in [2.05, 4.69) is 5.32 Å². The standard InChI is InChI=1S/C32H28FN3O6S/c1-4-41-31(39)29-19(3)30(32(40)42-5-2)43-27(29)15-26(37)20(16-34)14-21-17-36(25-9-7-6-8-24(21)25)18-28(38)35-23-12-10-22(33)11-13-23/h6-14,17H,4-5,15,18H2,1-3H3,(H,35,38). The van der Waals surface area contributed by atoms with Crippen molar-refractivity contribution in [2.24, 2.45) is 0 Å². The zero-order valence-electron chi connectivity index (χ0n) is 23.7. The number of aromatic nitrogens is 1. The van der Waals surface area contributed by atoms with Crippen LogP contribution >= 0.6 is 11.3 Å². The molecule has 0 bridgehead atoms. The maximum atomic E-state index is 13.4. The lowest BCUT2D eigenvalue weighted by Gasteiger charge is -2.07. The highest BCUT2D eigenvalue weighted by Gasteiger charge is 2.28. The van der Waals surface area contributed by atoms with E-state index in [1.165, 1.54) is 30.3 Å². The zero-order chi connectivity index (χ0) is 31.1. The number of thiophene rings is 1. The molecule has 1 amide bonds.